The third kappa shape index (κ3) is 4.18. The lowest BCUT2D eigenvalue weighted by Gasteiger charge is -2.52. The van der Waals surface area contributed by atoms with E-state index in [4.69, 9.17) is 9.15 Å². The molecule has 1 amide bonds. The number of piperidine rings is 1. The first kappa shape index (κ1) is 20.8. The molecule has 1 aromatic heterocycles. The average Bonchev–Trinajstić information content (AvgIpc) is 3.26. The summed E-state index contributed by atoms with van der Waals surface area (Å²) in [4.78, 5) is 14.8. The Kier molecular flexibility index (Phi) is 6.01. The molecule has 2 fully saturated rings. The minimum atomic E-state index is -0.713. The fourth-order valence-corrected chi connectivity index (χ4v) is 5.08. The Hall–Kier alpha value is -2.51. The summed E-state index contributed by atoms with van der Waals surface area (Å²) in [6.45, 7) is 1.22. The number of nitrogens with zero attached hydrogens (tertiary/aromatic N) is 1. The van der Waals surface area contributed by atoms with Crippen molar-refractivity contribution in [1.29, 1.82) is 0 Å². The molecule has 1 saturated heterocycles. The average molecular weight is 415 g/mol. The molecule has 30 heavy (non-hydrogen) atoms. The van der Waals surface area contributed by atoms with Crippen LogP contribution in [0.15, 0.2) is 41.0 Å². The maximum atomic E-state index is 12.7. The minimum absolute atomic E-state index is 0.0344. The van der Waals surface area contributed by atoms with Crippen molar-refractivity contribution in [3.63, 3.8) is 0 Å². The number of carbonyl (C=O) groups excluding carboxylic acids is 1. The van der Waals surface area contributed by atoms with Crippen LogP contribution in [-0.4, -0.2) is 46.8 Å². The Morgan fingerprint density at radius 2 is 2.20 bits per heavy atom. The molecule has 2 aromatic rings. The number of amides is 1. The predicted octanol–water partition coefficient (Wildman–Crippen LogP) is 2.98. The van der Waals surface area contributed by atoms with Crippen molar-refractivity contribution in [2.45, 2.75) is 50.3 Å². The second-order valence-electron chi connectivity index (χ2n) is 8.41. The van der Waals surface area contributed by atoms with Gasteiger partial charge in [0.1, 0.15) is 5.76 Å². The Balaban J connectivity index is 1.57. The summed E-state index contributed by atoms with van der Waals surface area (Å²) in [5, 5.41) is 24.3. The van der Waals surface area contributed by atoms with Crippen molar-refractivity contribution in [3.8, 4) is 11.5 Å². The zero-order chi connectivity index (χ0) is 21.1. The first-order chi connectivity index (χ1) is 14.5. The third-order valence-corrected chi connectivity index (χ3v) is 6.60. The molecule has 2 aliphatic rings. The molecule has 7 nitrogen and oxygen atoms in total. The van der Waals surface area contributed by atoms with Crippen molar-refractivity contribution in [1.82, 2.24) is 10.2 Å². The molecule has 162 valence electrons. The number of aliphatic hydroxyl groups is 1. The van der Waals surface area contributed by atoms with Gasteiger partial charge in [0.25, 0.3) is 0 Å². The number of rotatable bonds is 6. The van der Waals surface area contributed by atoms with Crippen LogP contribution < -0.4 is 10.1 Å². The van der Waals surface area contributed by atoms with Crippen LogP contribution in [0.25, 0.3) is 0 Å². The van der Waals surface area contributed by atoms with Gasteiger partial charge in [-0.1, -0.05) is 18.9 Å². The molecule has 3 atom stereocenters. The molecule has 3 N–H and O–H groups in total. The number of phenols is 1. The Labute approximate surface area is 176 Å². The minimum Gasteiger partial charge on any atom is -0.504 e. The number of methoxy groups -OCH3 is 1. The summed E-state index contributed by atoms with van der Waals surface area (Å²) in [5.74, 6) is 1.15. The van der Waals surface area contributed by atoms with E-state index in [2.05, 4.69) is 10.2 Å². The number of ether oxygens (including phenoxy) is 1. The lowest BCUT2D eigenvalue weighted by molar-refractivity contribution is -0.138. The molecular weight excluding hydrogens is 384 g/mol. The van der Waals surface area contributed by atoms with Gasteiger partial charge in [-0.15, -0.1) is 0 Å². The van der Waals surface area contributed by atoms with Crippen molar-refractivity contribution in [2.75, 3.05) is 20.2 Å². The van der Waals surface area contributed by atoms with E-state index in [-0.39, 0.29) is 30.2 Å². The van der Waals surface area contributed by atoms with Gasteiger partial charge >= 0.3 is 0 Å². The van der Waals surface area contributed by atoms with E-state index in [0.29, 0.717) is 31.0 Å². The largest absolute Gasteiger partial charge is 0.504 e. The van der Waals surface area contributed by atoms with Gasteiger partial charge in [-0.3, -0.25) is 9.69 Å². The lowest BCUT2D eigenvalue weighted by atomic mass is 9.66. The smallest absolute Gasteiger partial charge is 0.234 e. The van der Waals surface area contributed by atoms with E-state index in [9.17, 15) is 15.0 Å². The fourth-order valence-electron chi connectivity index (χ4n) is 5.08. The summed E-state index contributed by atoms with van der Waals surface area (Å²) in [6, 6.07) is 8.83. The molecule has 1 aromatic carbocycles. The van der Waals surface area contributed by atoms with E-state index >= 15 is 0 Å². The number of phenolic OH excluding ortho intramolecular Hbond substituents is 1. The van der Waals surface area contributed by atoms with Crippen LogP contribution in [-0.2, 0) is 11.3 Å². The SMILES string of the molecule is COc1cc([C@H]2[C@H]3CCCC[C@]3(O)CCN2CC(=O)NCc2ccco2)ccc1O. The van der Waals surface area contributed by atoms with E-state index in [0.717, 1.165) is 31.2 Å². The van der Waals surface area contributed by atoms with Crippen LogP contribution in [0.5, 0.6) is 11.5 Å². The molecular formula is C23H30N2O5. The molecule has 0 bridgehead atoms. The van der Waals surface area contributed by atoms with Gasteiger partial charge < -0.3 is 24.7 Å². The van der Waals surface area contributed by atoms with Crippen molar-refractivity contribution < 1.29 is 24.2 Å². The number of fused-ring (bicyclic) bond motifs is 1. The Morgan fingerprint density at radius 1 is 1.33 bits per heavy atom. The number of likely N-dealkylation sites (tertiary alicyclic amines) is 1. The van der Waals surface area contributed by atoms with Gasteiger partial charge in [0.15, 0.2) is 11.5 Å². The van der Waals surface area contributed by atoms with E-state index in [1.54, 1.807) is 18.4 Å². The number of aromatic hydroxyl groups is 1. The molecule has 7 heteroatoms. The summed E-state index contributed by atoms with van der Waals surface area (Å²) in [6.07, 6.45) is 6.05. The number of nitrogens with one attached hydrogen (secondary N) is 1. The number of benzene rings is 1. The highest BCUT2D eigenvalue weighted by molar-refractivity contribution is 5.78. The topological polar surface area (TPSA) is 95.2 Å². The summed E-state index contributed by atoms with van der Waals surface area (Å²) >= 11 is 0. The number of hydrogen-bond donors (Lipinski definition) is 3. The van der Waals surface area contributed by atoms with Crippen LogP contribution in [0.2, 0.25) is 0 Å². The number of carbonyl (C=O) groups is 1. The van der Waals surface area contributed by atoms with Crippen molar-refractivity contribution >= 4 is 5.91 Å². The first-order valence-corrected chi connectivity index (χ1v) is 10.6. The van der Waals surface area contributed by atoms with Crippen LogP contribution in [0.4, 0.5) is 0 Å². The predicted molar refractivity (Wildman–Crippen MR) is 111 cm³/mol. The van der Waals surface area contributed by atoms with Crippen LogP contribution in [0.3, 0.4) is 0 Å². The highest BCUT2D eigenvalue weighted by Gasteiger charge is 2.49. The molecule has 2 heterocycles. The van der Waals surface area contributed by atoms with Gasteiger partial charge in [0, 0.05) is 18.5 Å². The van der Waals surface area contributed by atoms with Crippen LogP contribution >= 0.6 is 0 Å². The third-order valence-electron chi connectivity index (χ3n) is 6.60. The van der Waals surface area contributed by atoms with E-state index in [1.165, 1.54) is 7.11 Å². The second kappa shape index (κ2) is 8.70. The highest BCUT2D eigenvalue weighted by Crippen LogP contribution is 2.49. The molecule has 4 rings (SSSR count). The van der Waals surface area contributed by atoms with Gasteiger partial charge in [-0.05, 0) is 49.1 Å². The maximum absolute atomic E-state index is 12.7. The van der Waals surface area contributed by atoms with Crippen molar-refractivity contribution in [2.24, 2.45) is 5.92 Å². The number of furan rings is 1. The zero-order valence-corrected chi connectivity index (χ0v) is 17.3. The van der Waals surface area contributed by atoms with Gasteiger partial charge in [-0.25, -0.2) is 0 Å². The summed E-state index contributed by atoms with van der Waals surface area (Å²) in [7, 11) is 1.52. The lowest BCUT2D eigenvalue weighted by Crippen LogP contribution is -2.56. The first-order valence-electron chi connectivity index (χ1n) is 10.6. The summed E-state index contributed by atoms with van der Waals surface area (Å²) < 4.78 is 10.6. The quantitative estimate of drug-likeness (QED) is 0.673. The zero-order valence-electron chi connectivity index (χ0n) is 17.3. The van der Waals surface area contributed by atoms with Crippen LogP contribution in [0.1, 0.15) is 49.5 Å². The number of hydrogen-bond acceptors (Lipinski definition) is 6. The fraction of sp³-hybridized carbons (Fsp3) is 0.522. The van der Waals surface area contributed by atoms with Gasteiger partial charge in [0.05, 0.1) is 32.1 Å². The van der Waals surface area contributed by atoms with Crippen LogP contribution in [0, 0.1) is 5.92 Å². The summed E-state index contributed by atoms with van der Waals surface area (Å²) in [5.41, 5.74) is 0.239. The second-order valence-corrected chi connectivity index (χ2v) is 8.41. The maximum Gasteiger partial charge on any atom is 0.234 e. The molecule has 0 unspecified atom stereocenters. The Morgan fingerprint density at radius 3 is 2.97 bits per heavy atom. The standard InChI is InChI=1S/C23H30N2O5/c1-29-20-13-16(7-8-19(20)26)22-18-6-2-3-9-23(18,28)10-11-25(22)15-21(27)24-14-17-5-4-12-30-17/h4-5,7-8,12-13,18,22,26,28H,2-3,6,9-11,14-15H2,1H3,(H,24,27)/t18-,22+,23+/m1/s1. The highest BCUT2D eigenvalue weighted by atomic mass is 16.5. The van der Waals surface area contributed by atoms with Gasteiger partial charge in [0.2, 0.25) is 5.91 Å². The molecule has 1 aliphatic carbocycles. The molecule has 1 saturated carbocycles. The van der Waals surface area contributed by atoms with E-state index < -0.39 is 5.60 Å². The molecule has 0 radical (unpaired) electrons. The normalized spacial score (nSPS) is 26.7. The Bertz CT molecular complexity index is 868. The monoisotopic (exact) mass is 414 g/mol. The molecule has 0 spiro atoms. The van der Waals surface area contributed by atoms with E-state index in [1.807, 2.05) is 18.2 Å². The molecule has 1 aliphatic heterocycles. The van der Waals surface area contributed by atoms with Crippen molar-refractivity contribution in [3.05, 3.63) is 47.9 Å². The van der Waals surface area contributed by atoms with Gasteiger partial charge in [-0.2, -0.15) is 0 Å².